The molecule has 0 radical (unpaired) electrons. The molecule has 0 aliphatic heterocycles. The van der Waals surface area contributed by atoms with E-state index in [9.17, 15) is 0 Å². The third-order valence-corrected chi connectivity index (χ3v) is 1.63. The number of hydrogen-bond acceptors (Lipinski definition) is 2. The van der Waals surface area contributed by atoms with Gasteiger partial charge >= 0.3 is 0 Å². The normalized spacial score (nSPS) is 8.54. The summed E-state index contributed by atoms with van der Waals surface area (Å²) in [6.07, 6.45) is 5.06. The summed E-state index contributed by atoms with van der Waals surface area (Å²) in [4.78, 5) is 0. The van der Waals surface area contributed by atoms with E-state index >= 15 is 0 Å². The van der Waals surface area contributed by atoms with Crippen molar-refractivity contribution in [2.45, 2.75) is 6.92 Å². The predicted octanol–water partition coefficient (Wildman–Crippen LogP) is 1.88. The molecule has 0 saturated heterocycles. The van der Waals surface area contributed by atoms with Gasteiger partial charge in [0, 0.05) is 0 Å². The van der Waals surface area contributed by atoms with Gasteiger partial charge in [-0.25, -0.2) is 0 Å². The van der Waals surface area contributed by atoms with Crippen LogP contribution in [-0.4, -0.2) is 6.61 Å². The molecule has 0 heterocycles. The highest BCUT2D eigenvalue weighted by atomic mass is 16.5. The topological polar surface area (TPSA) is 33.0 Å². The van der Waals surface area contributed by atoms with Crippen LogP contribution in [0.5, 0.6) is 5.75 Å². The lowest BCUT2D eigenvalue weighted by Crippen LogP contribution is -1.97. The fourth-order valence-electron chi connectivity index (χ4n) is 1.05. The summed E-state index contributed by atoms with van der Waals surface area (Å²) in [6.45, 7) is 2.08. The highest BCUT2D eigenvalue weighted by molar-refractivity contribution is 5.47. The number of aryl methyl sites for hydroxylation is 1. The van der Waals surface area contributed by atoms with Gasteiger partial charge < -0.3 is 4.74 Å². The summed E-state index contributed by atoms with van der Waals surface area (Å²) < 4.78 is 5.25. The molecule has 0 spiro atoms. The molecule has 0 bridgehead atoms. The summed E-state index contributed by atoms with van der Waals surface area (Å²) in [6, 6.07) is 7.46. The Morgan fingerprint density at radius 2 is 2.31 bits per heavy atom. The van der Waals surface area contributed by atoms with Crippen LogP contribution in [0.15, 0.2) is 18.2 Å². The first-order chi connectivity index (χ1) is 6.29. The zero-order chi connectivity index (χ0) is 9.68. The molecule has 64 valence electrons. The number of rotatable bonds is 2. The summed E-state index contributed by atoms with van der Waals surface area (Å²) >= 11 is 0. The van der Waals surface area contributed by atoms with Crippen LogP contribution >= 0.6 is 0 Å². The van der Waals surface area contributed by atoms with Crippen LogP contribution in [0.3, 0.4) is 0 Å². The van der Waals surface area contributed by atoms with Crippen LogP contribution in [0.25, 0.3) is 0 Å². The van der Waals surface area contributed by atoms with E-state index in [1.165, 1.54) is 0 Å². The third kappa shape index (κ3) is 2.01. The highest BCUT2D eigenvalue weighted by Crippen LogP contribution is 2.22. The standard InChI is InChI=1S/C11H9NO/c1-3-7-13-11-9(2)5-4-6-10(11)8-12/h1,4-6H,7H2,2H3. The van der Waals surface area contributed by atoms with Crippen LogP contribution in [0, 0.1) is 30.6 Å². The van der Waals surface area contributed by atoms with Gasteiger partial charge in [0.05, 0.1) is 5.56 Å². The van der Waals surface area contributed by atoms with Gasteiger partial charge in [-0.05, 0) is 18.6 Å². The zero-order valence-corrected chi connectivity index (χ0v) is 7.37. The van der Waals surface area contributed by atoms with Crippen molar-refractivity contribution in [2.75, 3.05) is 6.61 Å². The Morgan fingerprint density at radius 3 is 2.92 bits per heavy atom. The number of nitrogens with zero attached hydrogens (tertiary/aromatic N) is 1. The first-order valence-corrected chi connectivity index (χ1v) is 3.85. The van der Waals surface area contributed by atoms with E-state index in [1.807, 2.05) is 19.1 Å². The lowest BCUT2D eigenvalue weighted by atomic mass is 10.1. The van der Waals surface area contributed by atoms with Gasteiger partial charge in [0.2, 0.25) is 0 Å². The largest absolute Gasteiger partial charge is 0.479 e. The van der Waals surface area contributed by atoms with Crippen molar-refractivity contribution in [3.8, 4) is 24.2 Å². The van der Waals surface area contributed by atoms with E-state index in [1.54, 1.807) is 6.07 Å². The Kier molecular flexibility index (Phi) is 2.95. The van der Waals surface area contributed by atoms with Crippen molar-refractivity contribution >= 4 is 0 Å². The SMILES string of the molecule is C#CCOc1c(C)cccc1C#N. The maximum atomic E-state index is 8.76. The van der Waals surface area contributed by atoms with Gasteiger partial charge in [-0.2, -0.15) is 5.26 Å². The summed E-state index contributed by atoms with van der Waals surface area (Å²) in [5.41, 5.74) is 1.45. The maximum absolute atomic E-state index is 8.76. The number of terminal acetylenes is 1. The number of hydrogen-bond donors (Lipinski definition) is 0. The maximum Gasteiger partial charge on any atom is 0.148 e. The molecule has 0 atom stereocenters. The molecule has 1 aromatic carbocycles. The number of benzene rings is 1. The number of nitriles is 1. The summed E-state index contributed by atoms with van der Waals surface area (Å²) in [7, 11) is 0. The van der Waals surface area contributed by atoms with E-state index in [0.717, 1.165) is 5.56 Å². The second-order valence-corrected chi connectivity index (χ2v) is 2.56. The molecule has 0 aliphatic carbocycles. The first kappa shape index (κ1) is 9.16. The highest BCUT2D eigenvalue weighted by Gasteiger charge is 2.04. The van der Waals surface area contributed by atoms with Gasteiger partial charge in [0.25, 0.3) is 0 Å². The minimum absolute atomic E-state index is 0.194. The fraction of sp³-hybridized carbons (Fsp3) is 0.182. The average Bonchev–Trinajstić information content (AvgIpc) is 2.15. The lowest BCUT2D eigenvalue weighted by Gasteiger charge is -2.06. The monoisotopic (exact) mass is 171 g/mol. The van der Waals surface area contributed by atoms with Crippen molar-refractivity contribution in [2.24, 2.45) is 0 Å². The first-order valence-electron chi connectivity index (χ1n) is 3.85. The molecule has 1 aromatic rings. The Bertz CT molecular complexity index is 382. The second kappa shape index (κ2) is 4.18. The van der Waals surface area contributed by atoms with Gasteiger partial charge in [-0.1, -0.05) is 18.1 Å². The van der Waals surface area contributed by atoms with E-state index in [-0.39, 0.29) is 6.61 Å². The molecule has 2 heteroatoms. The molecule has 13 heavy (non-hydrogen) atoms. The minimum atomic E-state index is 0.194. The van der Waals surface area contributed by atoms with E-state index in [2.05, 4.69) is 12.0 Å². The molecule has 1 rings (SSSR count). The van der Waals surface area contributed by atoms with Crippen molar-refractivity contribution in [1.29, 1.82) is 5.26 Å². The predicted molar refractivity (Wildman–Crippen MR) is 50.2 cm³/mol. The second-order valence-electron chi connectivity index (χ2n) is 2.56. The van der Waals surface area contributed by atoms with Crippen molar-refractivity contribution < 1.29 is 4.74 Å². The Morgan fingerprint density at radius 1 is 1.54 bits per heavy atom. The summed E-state index contributed by atoms with van der Waals surface area (Å²) in [5.74, 6) is 2.95. The molecule has 0 unspecified atom stereocenters. The summed E-state index contributed by atoms with van der Waals surface area (Å²) in [5, 5.41) is 8.76. The van der Waals surface area contributed by atoms with Gasteiger partial charge in [0.15, 0.2) is 0 Å². The Labute approximate surface area is 77.8 Å². The molecule has 0 aromatic heterocycles. The van der Waals surface area contributed by atoms with Crippen molar-refractivity contribution in [3.05, 3.63) is 29.3 Å². The van der Waals surface area contributed by atoms with E-state index in [4.69, 9.17) is 16.4 Å². The molecule has 0 aliphatic rings. The van der Waals surface area contributed by atoms with Crippen LogP contribution < -0.4 is 4.74 Å². The van der Waals surface area contributed by atoms with Crippen LogP contribution in [-0.2, 0) is 0 Å². The van der Waals surface area contributed by atoms with Crippen LogP contribution in [0.1, 0.15) is 11.1 Å². The average molecular weight is 171 g/mol. The van der Waals surface area contributed by atoms with Crippen molar-refractivity contribution in [3.63, 3.8) is 0 Å². The number of ether oxygens (including phenoxy) is 1. The smallest absolute Gasteiger partial charge is 0.148 e. The molecule has 0 saturated carbocycles. The van der Waals surface area contributed by atoms with Gasteiger partial charge in [0.1, 0.15) is 18.4 Å². The van der Waals surface area contributed by atoms with Crippen LogP contribution in [0.4, 0.5) is 0 Å². The Hall–Kier alpha value is -1.93. The molecule has 0 fully saturated rings. The zero-order valence-electron chi connectivity index (χ0n) is 7.37. The molecular formula is C11H9NO. The third-order valence-electron chi connectivity index (χ3n) is 1.63. The number of para-hydroxylation sites is 1. The molecular weight excluding hydrogens is 162 g/mol. The quantitative estimate of drug-likeness (QED) is 0.636. The van der Waals surface area contributed by atoms with E-state index < -0.39 is 0 Å². The fourth-order valence-corrected chi connectivity index (χ4v) is 1.05. The minimum Gasteiger partial charge on any atom is -0.479 e. The molecule has 2 nitrogen and oxygen atoms in total. The van der Waals surface area contributed by atoms with E-state index in [0.29, 0.717) is 11.3 Å². The lowest BCUT2D eigenvalue weighted by molar-refractivity contribution is 0.366. The van der Waals surface area contributed by atoms with Gasteiger partial charge in [-0.15, -0.1) is 6.42 Å². The van der Waals surface area contributed by atoms with Crippen LogP contribution in [0.2, 0.25) is 0 Å². The Balaban J connectivity index is 3.04. The van der Waals surface area contributed by atoms with Gasteiger partial charge in [-0.3, -0.25) is 0 Å². The molecule has 0 amide bonds. The van der Waals surface area contributed by atoms with Crippen molar-refractivity contribution in [1.82, 2.24) is 0 Å². The molecule has 0 N–H and O–H groups in total.